The Morgan fingerprint density at radius 3 is 2.62 bits per heavy atom. The number of halogens is 5. The number of aryl methyl sites for hydroxylation is 1. The lowest BCUT2D eigenvalue weighted by Crippen LogP contribution is -2.06. The summed E-state index contributed by atoms with van der Waals surface area (Å²) in [6, 6.07) is 3.78. The normalized spacial score (nSPS) is 10.8. The van der Waals surface area contributed by atoms with Crippen molar-refractivity contribution in [1.29, 1.82) is 5.26 Å². The van der Waals surface area contributed by atoms with Crippen molar-refractivity contribution in [2.75, 3.05) is 0 Å². The minimum absolute atomic E-state index is 0.00746. The highest BCUT2D eigenvalue weighted by Crippen LogP contribution is 2.38. The Kier molecular flexibility index (Phi) is 4.30. The van der Waals surface area contributed by atoms with Crippen molar-refractivity contribution in [3.05, 3.63) is 33.6 Å². The van der Waals surface area contributed by atoms with Crippen LogP contribution in [0.4, 0.5) is 13.2 Å². The summed E-state index contributed by atoms with van der Waals surface area (Å²) in [4.78, 5) is 0. The third kappa shape index (κ3) is 2.91. The number of hydrogen-bond acceptors (Lipinski definition) is 3. The van der Waals surface area contributed by atoms with Crippen LogP contribution < -0.4 is 4.74 Å². The van der Waals surface area contributed by atoms with Crippen molar-refractivity contribution in [3.8, 4) is 23.2 Å². The van der Waals surface area contributed by atoms with E-state index in [1.165, 1.54) is 7.05 Å². The SMILES string of the molecule is Cn1nc(-c2cc(Cl)c(C#N)cc2F)c(Cl)c1OC(F)F. The molecule has 1 heterocycles. The number of aromatic nitrogens is 2. The molecule has 1 aromatic heterocycles. The summed E-state index contributed by atoms with van der Waals surface area (Å²) in [5.41, 5.74) is -0.295. The van der Waals surface area contributed by atoms with Crippen LogP contribution >= 0.6 is 23.2 Å². The van der Waals surface area contributed by atoms with Crippen LogP contribution in [0.5, 0.6) is 5.88 Å². The fraction of sp³-hybridized carbons (Fsp3) is 0.167. The Morgan fingerprint density at radius 1 is 1.38 bits per heavy atom. The largest absolute Gasteiger partial charge is 0.416 e. The first-order valence-electron chi connectivity index (χ1n) is 5.42. The molecule has 0 bridgehead atoms. The van der Waals surface area contributed by atoms with Gasteiger partial charge in [-0.15, -0.1) is 0 Å². The second-order valence-corrected chi connectivity index (χ2v) is 4.68. The minimum atomic E-state index is -3.10. The molecule has 0 saturated heterocycles. The van der Waals surface area contributed by atoms with E-state index in [0.717, 1.165) is 16.8 Å². The van der Waals surface area contributed by atoms with E-state index in [2.05, 4.69) is 9.84 Å². The number of nitriles is 1. The maximum atomic E-state index is 14.0. The predicted octanol–water partition coefficient (Wildman–Crippen LogP) is 4.01. The van der Waals surface area contributed by atoms with E-state index in [-0.39, 0.29) is 26.9 Å². The number of alkyl halides is 2. The third-order valence-corrected chi connectivity index (χ3v) is 3.23. The molecular formula is C12H6Cl2F3N3O. The van der Waals surface area contributed by atoms with E-state index < -0.39 is 18.3 Å². The second kappa shape index (κ2) is 5.84. The highest BCUT2D eigenvalue weighted by molar-refractivity contribution is 6.35. The molecule has 0 spiro atoms. The quantitative estimate of drug-likeness (QED) is 0.851. The number of hydrogen-bond donors (Lipinski definition) is 0. The zero-order valence-corrected chi connectivity index (χ0v) is 11.9. The molecule has 110 valence electrons. The summed E-state index contributed by atoms with van der Waals surface area (Å²) < 4.78 is 43.7. The van der Waals surface area contributed by atoms with Gasteiger partial charge in [0.15, 0.2) is 0 Å². The highest BCUT2D eigenvalue weighted by atomic mass is 35.5. The van der Waals surface area contributed by atoms with E-state index in [1.807, 2.05) is 0 Å². The van der Waals surface area contributed by atoms with Gasteiger partial charge in [-0.05, 0) is 12.1 Å². The zero-order valence-electron chi connectivity index (χ0n) is 10.4. The fourth-order valence-corrected chi connectivity index (χ4v) is 2.19. The smallest absolute Gasteiger partial charge is 0.388 e. The topological polar surface area (TPSA) is 50.8 Å². The van der Waals surface area contributed by atoms with Gasteiger partial charge in [0.2, 0.25) is 5.88 Å². The van der Waals surface area contributed by atoms with Crippen LogP contribution in [-0.4, -0.2) is 16.4 Å². The van der Waals surface area contributed by atoms with E-state index in [4.69, 9.17) is 28.5 Å². The van der Waals surface area contributed by atoms with Crippen molar-refractivity contribution in [1.82, 2.24) is 9.78 Å². The maximum absolute atomic E-state index is 14.0. The Balaban J connectivity index is 2.58. The summed E-state index contributed by atoms with van der Waals surface area (Å²) in [5.74, 6) is -1.21. The van der Waals surface area contributed by atoms with Crippen LogP contribution in [0, 0.1) is 17.1 Å². The molecule has 0 fully saturated rings. The predicted molar refractivity (Wildman–Crippen MR) is 70.0 cm³/mol. The van der Waals surface area contributed by atoms with Gasteiger partial charge in [-0.2, -0.15) is 19.1 Å². The van der Waals surface area contributed by atoms with Crippen molar-refractivity contribution < 1.29 is 17.9 Å². The van der Waals surface area contributed by atoms with Gasteiger partial charge in [0.05, 0.1) is 10.6 Å². The lowest BCUT2D eigenvalue weighted by Gasteiger charge is -2.04. The molecule has 2 aromatic rings. The zero-order chi connectivity index (χ0) is 15.7. The highest BCUT2D eigenvalue weighted by Gasteiger charge is 2.23. The van der Waals surface area contributed by atoms with Crippen molar-refractivity contribution in [3.63, 3.8) is 0 Å². The number of benzene rings is 1. The van der Waals surface area contributed by atoms with E-state index in [9.17, 15) is 13.2 Å². The summed E-state index contributed by atoms with van der Waals surface area (Å²) in [5, 5.41) is 12.3. The van der Waals surface area contributed by atoms with Crippen LogP contribution in [0.2, 0.25) is 10.0 Å². The van der Waals surface area contributed by atoms with E-state index in [0.29, 0.717) is 0 Å². The van der Waals surface area contributed by atoms with Gasteiger partial charge in [-0.1, -0.05) is 23.2 Å². The molecule has 0 aliphatic heterocycles. The van der Waals surface area contributed by atoms with Crippen LogP contribution in [0.25, 0.3) is 11.3 Å². The molecule has 0 atom stereocenters. The number of ether oxygens (including phenoxy) is 1. The molecule has 0 aliphatic rings. The van der Waals surface area contributed by atoms with Gasteiger partial charge in [0.25, 0.3) is 0 Å². The molecule has 0 unspecified atom stereocenters. The van der Waals surface area contributed by atoms with Crippen LogP contribution in [0.1, 0.15) is 5.56 Å². The third-order valence-electron chi connectivity index (χ3n) is 2.57. The first-order valence-corrected chi connectivity index (χ1v) is 6.17. The maximum Gasteiger partial charge on any atom is 0.388 e. The van der Waals surface area contributed by atoms with Gasteiger partial charge < -0.3 is 4.74 Å². The molecule has 2 rings (SSSR count). The van der Waals surface area contributed by atoms with Crippen LogP contribution in [-0.2, 0) is 7.05 Å². The van der Waals surface area contributed by atoms with Crippen LogP contribution in [0.15, 0.2) is 12.1 Å². The monoisotopic (exact) mass is 335 g/mol. The lowest BCUT2D eigenvalue weighted by molar-refractivity contribution is -0.0552. The summed E-state index contributed by atoms with van der Waals surface area (Å²) in [6.07, 6.45) is 0. The Labute approximate surface area is 127 Å². The van der Waals surface area contributed by atoms with Gasteiger partial charge in [0.1, 0.15) is 22.6 Å². The Hall–Kier alpha value is -1.91. The van der Waals surface area contributed by atoms with Crippen molar-refractivity contribution in [2.45, 2.75) is 6.61 Å². The minimum Gasteiger partial charge on any atom is -0.416 e. The van der Waals surface area contributed by atoms with Crippen molar-refractivity contribution >= 4 is 23.2 Å². The molecule has 0 radical (unpaired) electrons. The van der Waals surface area contributed by atoms with Gasteiger partial charge in [-0.3, -0.25) is 0 Å². The summed E-state index contributed by atoms with van der Waals surface area (Å²) in [6.45, 7) is -3.10. The Bertz CT molecular complexity index is 740. The van der Waals surface area contributed by atoms with Gasteiger partial charge in [-0.25, -0.2) is 9.07 Å². The number of nitrogens with zero attached hydrogens (tertiary/aromatic N) is 3. The van der Waals surface area contributed by atoms with Gasteiger partial charge in [0, 0.05) is 12.6 Å². The lowest BCUT2D eigenvalue weighted by atomic mass is 10.1. The molecular weight excluding hydrogens is 330 g/mol. The summed E-state index contributed by atoms with van der Waals surface area (Å²) in [7, 11) is 1.32. The fourth-order valence-electron chi connectivity index (χ4n) is 1.68. The molecule has 21 heavy (non-hydrogen) atoms. The van der Waals surface area contributed by atoms with E-state index in [1.54, 1.807) is 6.07 Å². The number of rotatable bonds is 3. The van der Waals surface area contributed by atoms with Gasteiger partial charge >= 0.3 is 6.61 Å². The first-order chi connectivity index (χ1) is 9.85. The second-order valence-electron chi connectivity index (χ2n) is 3.89. The van der Waals surface area contributed by atoms with Crippen molar-refractivity contribution in [2.24, 2.45) is 7.05 Å². The molecule has 0 aliphatic carbocycles. The standard InChI is InChI=1S/C12H6Cl2F3N3O/c1-20-11(21-12(16)17)9(14)10(19-20)6-3-7(13)5(4-18)2-8(6)15/h2-3,12H,1H3. The Morgan fingerprint density at radius 2 is 2.05 bits per heavy atom. The van der Waals surface area contributed by atoms with Crippen LogP contribution in [0.3, 0.4) is 0 Å². The molecule has 0 saturated carbocycles. The van der Waals surface area contributed by atoms with E-state index >= 15 is 0 Å². The molecule has 4 nitrogen and oxygen atoms in total. The molecule has 1 aromatic carbocycles. The average molecular weight is 336 g/mol. The first kappa shape index (κ1) is 15.5. The molecule has 9 heteroatoms. The molecule has 0 N–H and O–H groups in total. The molecule has 0 amide bonds. The average Bonchev–Trinajstić information content (AvgIpc) is 2.68. The summed E-state index contributed by atoms with van der Waals surface area (Å²) >= 11 is 11.7.